The zero-order chi connectivity index (χ0) is 23.6. The largest absolute Gasteiger partial charge is 0.444 e. The van der Waals surface area contributed by atoms with Crippen molar-refractivity contribution in [2.24, 2.45) is 5.73 Å². The number of ketones is 1. The van der Waals surface area contributed by atoms with Gasteiger partial charge in [-0.1, -0.05) is 30.4 Å². The van der Waals surface area contributed by atoms with E-state index in [0.29, 0.717) is 28.8 Å². The number of ether oxygens (including phenoxy) is 1. The van der Waals surface area contributed by atoms with Crippen LogP contribution in [0.25, 0.3) is 11.0 Å². The van der Waals surface area contributed by atoms with E-state index in [-0.39, 0.29) is 24.2 Å². The monoisotopic (exact) mass is 448 g/mol. The number of amides is 1. The quantitative estimate of drug-likeness (QED) is 0.519. The molecule has 1 aliphatic rings. The van der Waals surface area contributed by atoms with E-state index in [1.807, 2.05) is 17.0 Å². The molecule has 7 nitrogen and oxygen atoms in total. The first-order valence-corrected chi connectivity index (χ1v) is 10.6. The topological polar surface area (TPSA) is 101 Å². The zero-order valence-corrected chi connectivity index (χ0v) is 18.4. The molecule has 0 radical (unpaired) electrons. The molecule has 0 saturated carbocycles. The maximum atomic E-state index is 14.4. The van der Waals surface area contributed by atoms with Gasteiger partial charge in [0.15, 0.2) is 5.78 Å². The number of nitrogens with two attached hydrogens (primary N) is 1. The van der Waals surface area contributed by atoms with E-state index >= 15 is 0 Å². The van der Waals surface area contributed by atoms with Gasteiger partial charge in [-0.05, 0) is 32.0 Å². The average Bonchev–Trinajstić information content (AvgIpc) is 3.19. The van der Waals surface area contributed by atoms with E-state index in [1.165, 1.54) is 6.07 Å². The van der Waals surface area contributed by atoms with E-state index in [4.69, 9.17) is 10.5 Å². The molecule has 3 aromatic rings. The fourth-order valence-corrected chi connectivity index (χ4v) is 4.07. The Labute approximate surface area is 190 Å². The minimum Gasteiger partial charge on any atom is -0.444 e. The lowest BCUT2D eigenvalue weighted by atomic mass is 9.93. The summed E-state index contributed by atoms with van der Waals surface area (Å²) in [6, 6.07) is 9.87. The van der Waals surface area contributed by atoms with Gasteiger partial charge in [-0.25, -0.2) is 14.2 Å². The molecule has 0 spiro atoms. The Hall–Kier alpha value is -3.94. The molecule has 0 fully saturated rings. The van der Waals surface area contributed by atoms with Gasteiger partial charge >= 0.3 is 6.09 Å². The molecular weight excluding hydrogens is 423 g/mol. The Kier molecular flexibility index (Phi) is 6.00. The normalized spacial score (nSPS) is 16.0. The number of carbonyl (C=O) groups excluding carboxylic acids is 2. The van der Waals surface area contributed by atoms with Crippen molar-refractivity contribution in [3.63, 3.8) is 0 Å². The lowest BCUT2D eigenvalue weighted by molar-refractivity contribution is 0.0253. The van der Waals surface area contributed by atoms with Crippen LogP contribution in [-0.4, -0.2) is 38.4 Å². The second-order valence-electron chi connectivity index (χ2n) is 8.59. The van der Waals surface area contributed by atoms with Crippen LogP contribution in [0, 0.1) is 5.82 Å². The molecule has 170 valence electrons. The van der Waals surface area contributed by atoms with E-state index in [9.17, 15) is 14.0 Å². The van der Waals surface area contributed by atoms with Crippen LogP contribution in [-0.2, 0) is 11.3 Å². The molecule has 0 saturated heterocycles. The number of Topliss-reactive ketones (excluding diaryl/α,β-unsaturated/α-hetero) is 1. The van der Waals surface area contributed by atoms with E-state index in [1.54, 1.807) is 62.8 Å². The SMILES string of the molecule is CC(C)(CC1C=CC(C(=O)c2c[nH]c3ncccc23)=CN1Cc1ccccc1F)OC(N)=O. The smallest absolute Gasteiger partial charge is 0.405 e. The van der Waals surface area contributed by atoms with Gasteiger partial charge in [0, 0.05) is 53.6 Å². The van der Waals surface area contributed by atoms with Gasteiger partial charge in [0.2, 0.25) is 0 Å². The number of halogens is 1. The first kappa shape index (κ1) is 22.3. The molecule has 1 unspecified atom stereocenters. The van der Waals surface area contributed by atoms with E-state index < -0.39 is 11.7 Å². The van der Waals surface area contributed by atoms with Crippen molar-refractivity contribution in [1.29, 1.82) is 0 Å². The molecule has 3 heterocycles. The number of nitrogens with zero attached hydrogens (tertiary/aromatic N) is 2. The number of benzene rings is 1. The molecule has 0 bridgehead atoms. The van der Waals surface area contributed by atoms with Crippen LogP contribution in [0.1, 0.15) is 36.2 Å². The van der Waals surface area contributed by atoms with E-state index in [0.717, 1.165) is 5.39 Å². The van der Waals surface area contributed by atoms with Crippen LogP contribution in [0.2, 0.25) is 0 Å². The summed E-state index contributed by atoms with van der Waals surface area (Å²) in [5.74, 6) is -0.502. The van der Waals surface area contributed by atoms with Crippen LogP contribution in [0.15, 0.2) is 72.7 Å². The number of allylic oxidation sites excluding steroid dienone is 2. The van der Waals surface area contributed by atoms with Crippen LogP contribution in [0.4, 0.5) is 9.18 Å². The third-order valence-electron chi connectivity index (χ3n) is 5.58. The van der Waals surface area contributed by atoms with Crippen molar-refractivity contribution < 1.29 is 18.7 Å². The highest BCUT2D eigenvalue weighted by molar-refractivity contribution is 6.17. The van der Waals surface area contributed by atoms with Crippen molar-refractivity contribution in [2.75, 3.05) is 0 Å². The number of hydrogen-bond donors (Lipinski definition) is 2. The number of H-pyrrole nitrogens is 1. The summed E-state index contributed by atoms with van der Waals surface area (Å²) < 4.78 is 19.7. The number of aromatic nitrogens is 2. The number of nitrogens with one attached hydrogen (secondary N) is 1. The Morgan fingerprint density at radius 3 is 2.79 bits per heavy atom. The Balaban J connectivity index is 1.65. The van der Waals surface area contributed by atoms with Gasteiger partial charge in [0.1, 0.15) is 17.1 Å². The van der Waals surface area contributed by atoms with Gasteiger partial charge in [-0.3, -0.25) is 4.79 Å². The number of hydrogen-bond acceptors (Lipinski definition) is 5. The van der Waals surface area contributed by atoms with Gasteiger partial charge < -0.3 is 20.4 Å². The van der Waals surface area contributed by atoms with Crippen molar-refractivity contribution in [2.45, 2.75) is 38.5 Å². The highest BCUT2D eigenvalue weighted by Crippen LogP contribution is 2.29. The fourth-order valence-electron chi connectivity index (χ4n) is 4.07. The van der Waals surface area contributed by atoms with Gasteiger partial charge in [-0.2, -0.15) is 0 Å². The molecule has 3 N–H and O–H groups in total. The minimum absolute atomic E-state index is 0.171. The second-order valence-corrected chi connectivity index (χ2v) is 8.59. The number of carbonyl (C=O) groups is 2. The van der Waals surface area contributed by atoms with Crippen molar-refractivity contribution in [3.05, 3.63) is 89.7 Å². The molecule has 1 aromatic carbocycles. The third-order valence-corrected chi connectivity index (χ3v) is 5.58. The van der Waals surface area contributed by atoms with Crippen molar-refractivity contribution in [1.82, 2.24) is 14.9 Å². The second kappa shape index (κ2) is 8.90. The summed E-state index contributed by atoms with van der Waals surface area (Å²) in [7, 11) is 0. The highest BCUT2D eigenvalue weighted by Gasteiger charge is 2.31. The molecule has 8 heteroatoms. The van der Waals surface area contributed by atoms with Gasteiger partial charge in [0.25, 0.3) is 0 Å². The van der Waals surface area contributed by atoms with Gasteiger partial charge in [-0.15, -0.1) is 0 Å². The minimum atomic E-state index is -0.861. The van der Waals surface area contributed by atoms with Gasteiger partial charge in [0.05, 0.1) is 6.04 Å². The zero-order valence-electron chi connectivity index (χ0n) is 18.4. The highest BCUT2D eigenvalue weighted by atomic mass is 19.1. The summed E-state index contributed by atoms with van der Waals surface area (Å²) in [5.41, 5.74) is 6.45. The van der Waals surface area contributed by atoms with Crippen molar-refractivity contribution in [3.8, 4) is 0 Å². The number of pyridine rings is 1. The van der Waals surface area contributed by atoms with Crippen LogP contribution < -0.4 is 5.73 Å². The Morgan fingerprint density at radius 1 is 1.24 bits per heavy atom. The standard InChI is InChI=1S/C25H25FN4O3/c1-25(2,33-24(27)32)12-18-10-9-17(15-30(18)14-16-6-3-4-8-21(16)26)22(31)20-13-29-23-19(20)7-5-11-28-23/h3-11,13,15,18H,12,14H2,1-2H3,(H2,27,32)(H,28,29). The molecule has 33 heavy (non-hydrogen) atoms. The fraction of sp³-hybridized carbons (Fsp3) is 0.240. The summed E-state index contributed by atoms with van der Waals surface area (Å²) >= 11 is 0. The molecule has 4 rings (SSSR count). The number of fused-ring (bicyclic) bond motifs is 1. The average molecular weight is 448 g/mol. The van der Waals surface area contributed by atoms with E-state index in [2.05, 4.69) is 9.97 Å². The number of aromatic amines is 1. The number of primary amides is 1. The van der Waals surface area contributed by atoms with Crippen molar-refractivity contribution >= 4 is 22.9 Å². The number of rotatable bonds is 7. The van der Waals surface area contributed by atoms with Crippen LogP contribution in [0.3, 0.4) is 0 Å². The predicted octanol–water partition coefficient (Wildman–Crippen LogP) is 4.47. The first-order chi connectivity index (χ1) is 15.7. The van der Waals surface area contributed by atoms with Crippen LogP contribution >= 0.6 is 0 Å². The summed E-state index contributed by atoms with van der Waals surface area (Å²) in [6.45, 7) is 3.76. The molecule has 1 amide bonds. The predicted molar refractivity (Wildman–Crippen MR) is 123 cm³/mol. The lowest BCUT2D eigenvalue weighted by Crippen LogP contribution is -2.41. The third kappa shape index (κ3) is 4.95. The summed E-state index contributed by atoms with van der Waals surface area (Å²) in [5, 5.41) is 0.732. The molecule has 0 aliphatic carbocycles. The molecule has 2 aromatic heterocycles. The van der Waals surface area contributed by atoms with Crippen LogP contribution in [0.5, 0.6) is 0 Å². The first-order valence-electron chi connectivity index (χ1n) is 10.6. The summed E-state index contributed by atoms with van der Waals surface area (Å²) in [4.78, 5) is 33.8. The Morgan fingerprint density at radius 2 is 2.03 bits per heavy atom. The maximum Gasteiger partial charge on any atom is 0.405 e. The molecule has 1 aliphatic heterocycles. The maximum absolute atomic E-state index is 14.4. The summed E-state index contributed by atoms with van der Waals surface area (Å²) in [6.07, 6.45) is 8.19. The molecule has 1 atom stereocenters. The lowest BCUT2D eigenvalue weighted by Gasteiger charge is -2.36. The molecular formula is C25H25FN4O3. The Bertz CT molecular complexity index is 1260.